The molecular formula is C16H22N2O. The van der Waals surface area contributed by atoms with Crippen LogP contribution in [0, 0.1) is 16.7 Å². The van der Waals surface area contributed by atoms with E-state index in [1.54, 1.807) is 6.07 Å². The lowest BCUT2D eigenvalue weighted by molar-refractivity contribution is 0.238. The summed E-state index contributed by atoms with van der Waals surface area (Å²) >= 11 is 0. The fraction of sp³-hybridized carbons (Fsp3) is 0.562. The molecule has 0 amide bonds. The molecule has 102 valence electrons. The second-order valence-electron chi connectivity index (χ2n) is 5.77. The molecule has 0 aliphatic carbocycles. The van der Waals surface area contributed by atoms with Gasteiger partial charge >= 0.3 is 0 Å². The first kappa shape index (κ1) is 13.9. The number of nitrogens with zero attached hydrogens (tertiary/aromatic N) is 2. The fourth-order valence-electron chi connectivity index (χ4n) is 2.69. The van der Waals surface area contributed by atoms with Gasteiger partial charge in [-0.2, -0.15) is 5.26 Å². The van der Waals surface area contributed by atoms with Gasteiger partial charge in [0.2, 0.25) is 0 Å². The average molecular weight is 258 g/mol. The Bertz CT molecular complexity index is 482. The largest absolute Gasteiger partial charge is 0.392 e. The molecule has 1 aliphatic rings. The number of nitriles is 1. The summed E-state index contributed by atoms with van der Waals surface area (Å²) in [6.45, 7) is 6.62. The highest BCUT2D eigenvalue weighted by Gasteiger charge is 2.29. The molecule has 3 nitrogen and oxygen atoms in total. The van der Waals surface area contributed by atoms with E-state index in [0.29, 0.717) is 11.0 Å². The van der Waals surface area contributed by atoms with E-state index in [4.69, 9.17) is 5.11 Å². The molecule has 19 heavy (non-hydrogen) atoms. The van der Waals surface area contributed by atoms with Crippen LogP contribution < -0.4 is 4.90 Å². The van der Waals surface area contributed by atoms with Crippen molar-refractivity contribution >= 4 is 5.69 Å². The highest BCUT2D eigenvalue weighted by atomic mass is 16.3. The Balaban J connectivity index is 2.18. The monoisotopic (exact) mass is 258 g/mol. The predicted molar refractivity (Wildman–Crippen MR) is 76.9 cm³/mol. The number of benzene rings is 1. The molecule has 1 aliphatic heterocycles. The van der Waals surface area contributed by atoms with E-state index in [1.165, 1.54) is 19.3 Å². The van der Waals surface area contributed by atoms with Gasteiger partial charge in [0.05, 0.1) is 17.9 Å². The molecule has 0 aromatic heterocycles. The van der Waals surface area contributed by atoms with Crippen LogP contribution in [0.3, 0.4) is 0 Å². The minimum absolute atomic E-state index is 0.0110. The van der Waals surface area contributed by atoms with Gasteiger partial charge in [0, 0.05) is 13.1 Å². The first-order chi connectivity index (χ1) is 9.11. The van der Waals surface area contributed by atoms with E-state index in [2.05, 4.69) is 24.8 Å². The first-order valence-electron chi connectivity index (χ1n) is 7.01. The Morgan fingerprint density at radius 1 is 1.37 bits per heavy atom. The maximum absolute atomic E-state index is 9.26. The maximum atomic E-state index is 9.26. The Morgan fingerprint density at radius 3 is 2.58 bits per heavy atom. The lowest BCUT2D eigenvalue weighted by Gasteiger charge is -2.40. The zero-order valence-corrected chi connectivity index (χ0v) is 11.8. The fourth-order valence-corrected chi connectivity index (χ4v) is 2.69. The molecule has 1 N–H and O–H groups in total. The molecule has 2 rings (SSSR count). The number of aliphatic hydroxyl groups is 1. The second-order valence-corrected chi connectivity index (χ2v) is 5.77. The number of hydrogen-bond donors (Lipinski definition) is 1. The molecule has 3 heteroatoms. The summed E-state index contributed by atoms with van der Waals surface area (Å²) in [5.41, 5.74) is 2.94. The lowest BCUT2D eigenvalue weighted by Crippen LogP contribution is -2.38. The van der Waals surface area contributed by atoms with E-state index >= 15 is 0 Å². The Labute approximate surface area is 115 Å². The third kappa shape index (κ3) is 2.90. The topological polar surface area (TPSA) is 47.3 Å². The predicted octanol–water partition coefficient (Wildman–Crippen LogP) is 3.07. The Morgan fingerprint density at radius 2 is 2.05 bits per heavy atom. The van der Waals surface area contributed by atoms with Crippen molar-refractivity contribution in [2.45, 2.75) is 39.7 Å². The average Bonchev–Trinajstić information content (AvgIpc) is 2.47. The SMILES string of the molecule is CCC1(C)CCN(c2ccc(CO)cc2C#N)CC1. The summed E-state index contributed by atoms with van der Waals surface area (Å²) in [5, 5.41) is 18.4. The molecular weight excluding hydrogens is 236 g/mol. The van der Waals surface area contributed by atoms with Crippen molar-refractivity contribution in [2.24, 2.45) is 5.41 Å². The molecule has 0 bridgehead atoms. The molecule has 1 heterocycles. The van der Waals surface area contributed by atoms with Gasteiger partial charge in [-0.15, -0.1) is 0 Å². The van der Waals surface area contributed by atoms with Crippen molar-refractivity contribution in [3.63, 3.8) is 0 Å². The van der Waals surface area contributed by atoms with Crippen molar-refractivity contribution in [3.05, 3.63) is 29.3 Å². The zero-order valence-electron chi connectivity index (χ0n) is 11.8. The van der Waals surface area contributed by atoms with E-state index in [9.17, 15) is 5.26 Å². The zero-order chi connectivity index (χ0) is 13.9. The smallest absolute Gasteiger partial charge is 0.101 e. The van der Waals surface area contributed by atoms with Gasteiger partial charge < -0.3 is 10.0 Å². The third-order valence-electron chi connectivity index (χ3n) is 4.53. The van der Waals surface area contributed by atoms with Crippen LogP contribution in [0.25, 0.3) is 0 Å². The van der Waals surface area contributed by atoms with Gasteiger partial charge in [-0.3, -0.25) is 0 Å². The van der Waals surface area contributed by atoms with Crippen LogP contribution in [0.1, 0.15) is 44.2 Å². The Hall–Kier alpha value is -1.53. The van der Waals surface area contributed by atoms with Crippen LogP contribution in [0.5, 0.6) is 0 Å². The third-order valence-corrected chi connectivity index (χ3v) is 4.53. The second kappa shape index (κ2) is 5.63. The summed E-state index contributed by atoms with van der Waals surface area (Å²) in [6.07, 6.45) is 3.57. The number of piperidine rings is 1. The molecule has 0 spiro atoms. The highest BCUT2D eigenvalue weighted by Crippen LogP contribution is 2.36. The van der Waals surface area contributed by atoms with Crippen LogP contribution in [0.15, 0.2) is 18.2 Å². The summed E-state index contributed by atoms with van der Waals surface area (Å²) in [6, 6.07) is 7.92. The molecule has 1 fully saturated rings. The summed E-state index contributed by atoms with van der Waals surface area (Å²) < 4.78 is 0. The van der Waals surface area contributed by atoms with E-state index in [1.807, 2.05) is 12.1 Å². The number of rotatable bonds is 3. The first-order valence-corrected chi connectivity index (χ1v) is 7.01. The van der Waals surface area contributed by atoms with Crippen molar-refractivity contribution < 1.29 is 5.11 Å². The van der Waals surface area contributed by atoms with Gasteiger partial charge in [-0.1, -0.05) is 26.3 Å². The van der Waals surface area contributed by atoms with Crippen molar-refractivity contribution in [1.29, 1.82) is 5.26 Å². The maximum Gasteiger partial charge on any atom is 0.101 e. The molecule has 0 saturated carbocycles. The van der Waals surface area contributed by atoms with E-state index in [0.717, 1.165) is 24.3 Å². The molecule has 1 saturated heterocycles. The summed E-state index contributed by atoms with van der Waals surface area (Å²) in [5.74, 6) is 0. The minimum atomic E-state index is -0.0110. The molecule has 1 aromatic rings. The number of anilines is 1. The minimum Gasteiger partial charge on any atom is -0.392 e. The standard InChI is InChI=1S/C16H22N2O/c1-3-16(2)6-8-18(9-7-16)15-5-4-13(12-19)10-14(15)11-17/h4-5,10,19H,3,6-9,12H2,1-2H3. The quantitative estimate of drug-likeness (QED) is 0.906. The lowest BCUT2D eigenvalue weighted by atomic mass is 9.78. The summed E-state index contributed by atoms with van der Waals surface area (Å²) in [7, 11) is 0. The molecule has 1 aromatic carbocycles. The van der Waals surface area contributed by atoms with E-state index in [-0.39, 0.29) is 6.61 Å². The van der Waals surface area contributed by atoms with Gasteiger partial charge in [0.15, 0.2) is 0 Å². The van der Waals surface area contributed by atoms with E-state index < -0.39 is 0 Å². The highest BCUT2D eigenvalue weighted by molar-refractivity contribution is 5.60. The Kier molecular flexibility index (Phi) is 4.11. The normalized spacial score (nSPS) is 18.1. The van der Waals surface area contributed by atoms with Crippen LogP contribution in [0.4, 0.5) is 5.69 Å². The van der Waals surface area contributed by atoms with Crippen LogP contribution in [-0.2, 0) is 6.61 Å². The number of aliphatic hydroxyl groups excluding tert-OH is 1. The van der Waals surface area contributed by atoms with Gasteiger partial charge in [0.25, 0.3) is 0 Å². The van der Waals surface area contributed by atoms with Crippen LogP contribution >= 0.6 is 0 Å². The number of hydrogen-bond acceptors (Lipinski definition) is 3. The van der Waals surface area contributed by atoms with Gasteiger partial charge in [0.1, 0.15) is 6.07 Å². The van der Waals surface area contributed by atoms with Gasteiger partial charge in [-0.25, -0.2) is 0 Å². The molecule has 0 unspecified atom stereocenters. The van der Waals surface area contributed by atoms with Gasteiger partial charge in [-0.05, 0) is 36.0 Å². The summed E-state index contributed by atoms with van der Waals surface area (Å²) in [4.78, 5) is 2.30. The molecule has 0 radical (unpaired) electrons. The van der Waals surface area contributed by atoms with Crippen LogP contribution in [-0.4, -0.2) is 18.2 Å². The van der Waals surface area contributed by atoms with Crippen molar-refractivity contribution in [2.75, 3.05) is 18.0 Å². The van der Waals surface area contributed by atoms with Crippen LogP contribution in [0.2, 0.25) is 0 Å². The molecule has 0 atom stereocenters. The van der Waals surface area contributed by atoms with Crippen molar-refractivity contribution in [1.82, 2.24) is 0 Å². The van der Waals surface area contributed by atoms with Crippen molar-refractivity contribution in [3.8, 4) is 6.07 Å².